The van der Waals surface area contributed by atoms with Gasteiger partial charge >= 0.3 is 0 Å². The lowest BCUT2D eigenvalue weighted by Gasteiger charge is -2.03. The Morgan fingerprint density at radius 3 is 3.00 bits per heavy atom. The summed E-state index contributed by atoms with van der Waals surface area (Å²) >= 11 is 0. The highest BCUT2D eigenvalue weighted by Crippen LogP contribution is 2.05. The summed E-state index contributed by atoms with van der Waals surface area (Å²) in [5, 5.41) is 12.1. The van der Waals surface area contributed by atoms with Crippen LogP contribution in [0, 0.1) is 11.3 Å². The third-order valence-corrected chi connectivity index (χ3v) is 2.35. The van der Waals surface area contributed by atoms with Crippen molar-refractivity contribution in [3.8, 4) is 6.07 Å². The molecule has 0 fully saturated rings. The molecule has 1 aromatic heterocycles. The Morgan fingerprint density at radius 2 is 2.38 bits per heavy atom. The van der Waals surface area contributed by atoms with Gasteiger partial charge in [-0.05, 0) is 31.5 Å². The summed E-state index contributed by atoms with van der Waals surface area (Å²) in [4.78, 5) is 0. The molecule has 0 aliphatic rings. The minimum Gasteiger partial charge on any atom is -0.382 e. The Balaban J connectivity index is 2.20. The van der Waals surface area contributed by atoms with Gasteiger partial charge in [0.25, 0.3) is 0 Å². The maximum atomic E-state index is 8.79. The van der Waals surface area contributed by atoms with E-state index in [1.165, 1.54) is 0 Å². The lowest BCUT2D eigenvalue weighted by atomic mass is 10.3. The fraction of sp³-hybridized carbons (Fsp3) is 0.583. The molecule has 1 rings (SSSR count). The molecular weight excluding hydrogens is 202 g/mol. The summed E-state index contributed by atoms with van der Waals surface area (Å²) in [5.41, 5.74) is 1.85. The van der Waals surface area contributed by atoms with E-state index in [1.807, 2.05) is 30.8 Å². The molecule has 0 aliphatic heterocycles. The van der Waals surface area contributed by atoms with Crippen molar-refractivity contribution in [2.45, 2.75) is 19.9 Å². The van der Waals surface area contributed by atoms with Gasteiger partial charge < -0.3 is 14.6 Å². The van der Waals surface area contributed by atoms with E-state index in [4.69, 9.17) is 10.00 Å². The second kappa shape index (κ2) is 7.04. The Bertz CT molecular complexity index is 352. The third kappa shape index (κ3) is 4.05. The number of nitrogens with one attached hydrogen (secondary N) is 1. The van der Waals surface area contributed by atoms with Crippen molar-refractivity contribution in [2.24, 2.45) is 7.05 Å². The molecule has 1 aromatic rings. The zero-order valence-electron chi connectivity index (χ0n) is 9.99. The molecule has 4 heteroatoms. The molecule has 88 valence electrons. The highest BCUT2D eigenvalue weighted by Gasteiger charge is 2.01. The topological polar surface area (TPSA) is 50.0 Å². The molecule has 0 atom stereocenters. The third-order valence-electron chi connectivity index (χ3n) is 2.35. The summed E-state index contributed by atoms with van der Waals surface area (Å²) in [6, 6.07) is 4.06. The first-order valence-electron chi connectivity index (χ1n) is 5.61. The first-order chi connectivity index (χ1) is 7.77. The van der Waals surface area contributed by atoms with E-state index in [1.54, 1.807) is 0 Å². The molecule has 0 aromatic carbocycles. The van der Waals surface area contributed by atoms with Crippen LogP contribution in [0.25, 0.3) is 0 Å². The van der Waals surface area contributed by atoms with Crippen molar-refractivity contribution in [3.05, 3.63) is 23.5 Å². The maximum absolute atomic E-state index is 8.79. The lowest BCUT2D eigenvalue weighted by molar-refractivity contribution is 0.144. The van der Waals surface area contributed by atoms with Crippen molar-refractivity contribution in [1.29, 1.82) is 5.26 Å². The van der Waals surface area contributed by atoms with Gasteiger partial charge in [0.2, 0.25) is 0 Å². The summed E-state index contributed by atoms with van der Waals surface area (Å²) < 4.78 is 7.08. The average molecular weight is 221 g/mol. The number of nitriles is 1. The molecule has 1 N–H and O–H groups in total. The second-order valence-electron chi connectivity index (χ2n) is 3.68. The van der Waals surface area contributed by atoms with Gasteiger partial charge in [0.1, 0.15) is 11.8 Å². The van der Waals surface area contributed by atoms with Gasteiger partial charge in [0.15, 0.2) is 0 Å². The summed E-state index contributed by atoms with van der Waals surface area (Å²) in [6.07, 6.45) is 3.00. The maximum Gasteiger partial charge on any atom is 0.120 e. The lowest BCUT2D eigenvalue weighted by Crippen LogP contribution is -2.16. The van der Waals surface area contributed by atoms with E-state index in [0.29, 0.717) is 5.69 Å². The predicted octanol–water partition coefficient (Wildman–Crippen LogP) is 1.41. The first-order valence-corrected chi connectivity index (χ1v) is 5.61. The molecule has 0 saturated carbocycles. The van der Waals surface area contributed by atoms with Crippen LogP contribution >= 0.6 is 0 Å². The van der Waals surface area contributed by atoms with Crippen LogP contribution in [-0.2, 0) is 18.3 Å². The molecule has 0 bridgehead atoms. The van der Waals surface area contributed by atoms with Crippen LogP contribution in [0.5, 0.6) is 0 Å². The average Bonchev–Trinajstić information content (AvgIpc) is 2.64. The quantitative estimate of drug-likeness (QED) is 0.708. The Kier molecular flexibility index (Phi) is 5.62. The summed E-state index contributed by atoms with van der Waals surface area (Å²) in [6.45, 7) is 5.34. The van der Waals surface area contributed by atoms with E-state index < -0.39 is 0 Å². The van der Waals surface area contributed by atoms with E-state index in [-0.39, 0.29) is 0 Å². The van der Waals surface area contributed by atoms with Gasteiger partial charge in [-0.2, -0.15) is 5.26 Å². The predicted molar refractivity (Wildman–Crippen MR) is 62.9 cm³/mol. The fourth-order valence-corrected chi connectivity index (χ4v) is 1.52. The molecule has 1 heterocycles. The highest BCUT2D eigenvalue weighted by molar-refractivity contribution is 5.28. The minimum absolute atomic E-state index is 0.700. The van der Waals surface area contributed by atoms with Crippen molar-refractivity contribution < 1.29 is 4.74 Å². The zero-order valence-corrected chi connectivity index (χ0v) is 9.99. The van der Waals surface area contributed by atoms with E-state index in [0.717, 1.165) is 38.3 Å². The van der Waals surface area contributed by atoms with E-state index >= 15 is 0 Å². The number of rotatable bonds is 7. The zero-order chi connectivity index (χ0) is 11.8. The van der Waals surface area contributed by atoms with E-state index in [2.05, 4.69) is 11.4 Å². The number of ether oxygens (including phenoxy) is 1. The molecule has 0 aliphatic carbocycles. The largest absolute Gasteiger partial charge is 0.382 e. The number of nitrogens with zero attached hydrogens (tertiary/aromatic N) is 2. The van der Waals surface area contributed by atoms with Gasteiger partial charge in [-0.15, -0.1) is 0 Å². The van der Waals surface area contributed by atoms with Crippen LogP contribution in [0.2, 0.25) is 0 Å². The summed E-state index contributed by atoms with van der Waals surface area (Å²) in [5.74, 6) is 0. The number of hydrogen-bond acceptors (Lipinski definition) is 3. The molecule has 0 amide bonds. The van der Waals surface area contributed by atoms with Gasteiger partial charge in [0, 0.05) is 33.0 Å². The molecule has 16 heavy (non-hydrogen) atoms. The molecule has 0 radical (unpaired) electrons. The smallest absolute Gasteiger partial charge is 0.120 e. The van der Waals surface area contributed by atoms with Crippen LogP contribution < -0.4 is 5.32 Å². The van der Waals surface area contributed by atoms with Crippen LogP contribution in [0.3, 0.4) is 0 Å². The molecular formula is C12H19N3O. The second-order valence-corrected chi connectivity index (χ2v) is 3.68. The Morgan fingerprint density at radius 1 is 1.56 bits per heavy atom. The van der Waals surface area contributed by atoms with Gasteiger partial charge in [-0.1, -0.05) is 0 Å². The first kappa shape index (κ1) is 12.8. The van der Waals surface area contributed by atoms with Crippen LogP contribution in [0.1, 0.15) is 24.6 Å². The Labute approximate surface area is 96.8 Å². The SMILES string of the molecule is CCOCCCNCc1cc(C#N)n(C)c1. The standard InChI is InChI=1S/C12H19N3O/c1-3-16-6-4-5-14-9-11-7-12(8-13)15(2)10-11/h7,10,14H,3-6,9H2,1-2H3. The van der Waals surface area contributed by atoms with Crippen molar-refractivity contribution in [1.82, 2.24) is 9.88 Å². The van der Waals surface area contributed by atoms with Crippen LogP contribution in [0.15, 0.2) is 12.3 Å². The molecule has 0 unspecified atom stereocenters. The summed E-state index contributed by atoms with van der Waals surface area (Å²) in [7, 11) is 1.89. The Hall–Kier alpha value is -1.31. The van der Waals surface area contributed by atoms with Crippen molar-refractivity contribution >= 4 is 0 Å². The molecule has 0 saturated heterocycles. The van der Waals surface area contributed by atoms with Gasteiger partial charge in [-0.25, -0.2) is 0 Å². The normalized spacial score (nSPS) is 10.3. The highest BCUT2D eigenvalue weighted by atomic mass is 16.5. The minimum atomic E-state index is 0.700. The van der Waals surface area contributed by atoms with Gasteiger partial charge in [-0.3, -0.25) is 0 Å². The molecule has 0 spiro atoms. The van der Waals surface area contributed by atoms with Crippen LogP contribution in [0.4, 0.5) is 0 Å². The number of hydrogen-bond donors (Lipinski definition) is 1. The van der Waals surface area contributed by atoms with Crippen LogP contribution in [-0.4, -0.2) is 24.3 Å². The number of aromatic nitrogens is 1. The van der Waals surface area contributed by atoms with Crippen molar-refractivity contribution in [3.63, 3.8) is 0 Å². The monoisotopic (exact) mass is 221 g/mol. The van der Waals surface area contributed by atoms with E-state index in [9.17, 15) is 0 Å². The fourth-order valence-electron chi connectivity index (χ4n) is 1.52. The molecule has 4 nitrogen and oxygen atoms in total. The van der Waals surface area contributed by atoms with Gasteiger partial charge in [0.05, 0.1) is 0 Å². The number of aryl methyl sites for hydroxylation is 1. The van der Waals surface area contributed by atoms with Crippen molar-refractivity contribution in [2.75, 3.05) is 19.8 Å².